The Bertz CT molecular complexity index is 1800. The maximum Gasteiger partial charge on any atom is 0.328 e. The Balaban J connectivity index is 1.24. The lowest BCUT2D eigenvalue weighted by Crippen LogP contribution is -2.33. The number of ether oxygens (including phenoxy) is 2. The van der Waals surface area contributed by atoms with E-state index < -0.39 is 12.0 Å². The molecule has 1 N–H and O–H groups in total. The van der Waals surface area contributed by atoms with Crippen molar-refractivity contribution in [1.29, 1.82) is 0 Å². The van der Waals surface area contributed by atoms with Gasteiger partial charge in [0.1, 0.15) is 18.4 Å². The zero-order chi connectivity index (χ0) is 31.6. The minimum atomic E-state index is -0.730. The molecule has 0 aliphatic heterocycles. The molecule has 0 saturated heterocycles. The van der Waals surface area contributed by atoms with Crippen LogP contribution < -0.4 is 15.0 Å². The largest absolute Gasteiger partial charge is 0.492 e. The molecule has 0 saturated carbocycles. The number of nitrogens with zero attached hydrogens (tertiary/aromatic N) is 1. The zero-order valence-electron chi connectivity index (χ0n) is 25.0. The third-order valence-electron chi connectivity index (χ3n) is 7.46. The van der Waals surface area contributed by atoms with Crippen LogP contribution in [0.25, 0.3) is 10.8 Å². The topological polar surface area (TPSA) is 84.9 Å². The third kappa shape index (κ3) is 7.64. The van der Waals surface area contributed by atoms with Gasteiger partial charge in [-0.05, 0) is 58.8 Å². The number of rotatable bonds is 13. The fourth-order valence-electron chi connectivity index (χ4n) is 5.11. The predicted octanol–water partition coefficient (Wildman–Crippen LogP) is 6.87. The molecule has 0 bridgehead atoms. The Hall–Kier alpha value is -5.69. The fourth-order valence-corrected chi connectivity index (χ4v) is 5.11. The van der Waals surface area contributed by atoms with E-state index in [9.17, 15) is 14.4 Å². The van der Waals surface area contributed by atoms with Crippen molar-refractivity contribution in [1.82, 2.24) is 0 Å². The van der Waals surface area contributed by atoms with Gasteiger partial charge in [-0.3, -0.25) is 9.59 Å². The van der Waals surface area contributed by atoms with E-state index in [0.29, 0.717) is 35.5 Å². The Morgan fingerprint density at radius 3 is 2.24 bits per heavy atom. The van der Waals surface area contributed by atoms with Gasteiger partial charge in [-0.1, -0.05) is 91.5 Å². The highest BCUT2D eigenvalue weighted by atomic mass is 16.5. The van der Waals surface area contributed by atoms with Crippen molar-refractivity contribution in [3.63, 3.8) is 0 Å². The van der Waals surface area contributed by atoms with E-state index in [-0.39, 0.29) is 18.3 Å². The molecule has 0 aromatic heterocycles. The number of methoxy groups -OCH3 is 1. The molecule has 5 rings (SSSR count). The highest BCUT2D eigenvalue weighted by Gasteiger charge is 2.23. The summed E-state index contributed by atoms with van der Waals surface area (Å²) in [7, 11) is 1.34. The first-order chi connectivity index (χ1) is 22.0. The molecule has 1 atom stereocenters. The third-order valence-corrected chi connectivity index (χ3v) is 7.46. The summed E-state index contributed by atoms with van der Waals surface area (Å²) in [6.45, 7) is 4.26. The summed E-state index contributed by atoms with van der Waals surface area (Å²) in [5.41, 5.74) is 3.22. The van der Waals surface area contributed by atoms with E-state index >= 15 is 0 Å². The van der Waals surface area contributed by atoms with Crippen LogP contribution in [0, 0.1) is 0 Å². The van der Waals surface area contributed by atoms with Gasteiger partial charge in [-0.2, -0.15) is 0 Å². The highest BCUT2D eigenvalue weighted by molar-refractivity contribution is 6.12. The number of para-hydroxylation sites is 1. The molecule has 7 heteroatoms. The van der Waals surface area contributed by atoms with Crippen LogP contribution in [0.1, 0.15) is 21.5 Å². The Morgan fingerprint density at radius 2 is 1.51 bits per heavy atom. The van der Waals surface area contributed by atoms with Crippen LogP contribution in [-0.4, -0.2) is 44.0 Å². The second kappa shape index (κ2) is 14.7. The summed E-state index contributed by atoms with van der Waals surface area (Å²) in [5, 5.41) is 5.37. The van der Waals surface area contributed by atoms with Crippen LogP contribution in [0.2, 0.25) is 0 Å². The van der Waals surface area contributed by atoms with Gasteiger partial charge >= 0.3 is 5.97 Å². The molecule has 7 nitrogen and oxygen atoms in total. The molecular formula is C38H34N2O5. The van der Waals surface area contributed by atoms with E-state index in [1.165, 1.54) is 13.2 Å². The number of amides is 1. The Kier molecular flexibility index (Phi) is 10.0. The lowest BCUT2D eigenvalue weighted by Gasteiger charge is -2.22. The SMILES string of the molecule is C=CC(=O)N(CCOc1ccc(C[C@H](Nc2ccccc2C(=O)c2ccccc2)C(=O)OC)cc1)c1ccc2ccccc2c1. The summed E-state index contributed by atoms with van der Waals surface area (Å²) in [6.07, 6.45) is 1.62. The molecule has 0 fully saturated rings. The molecule has 5 aromatic rings. The maximum absolute atomic E-state index is 13.2. The van der Waals surface area contributed by atoms with E-state index in [1.54, 1.807) is 35.2 Å². The quantitative estimate of drug-likeness (QED) is 0.0905. The lowest BCUT2D eigenvalue weighted by atomic mass is 10.00. The molecule has 1 amide bonds. The second-order valence-electron chi connectivity index (χ2n) is 10.4. The minimum Gasteiger partial charge on any atom is -0.492 e. The zero-order valence-corrected chi connectivity index (χ0v) is 25.0. The first kappa shape index (κ1) is 30.8. The Labute approximate surface area is 262 Å². The average molecular weight is 599 g/mol. The summed E-state index contributed by atoms with van der Waals surface area (Å²) in [6, 6.07) is 36.7. The molecule has 226 valence electrons. The molecule has 0 heterocycles. The first-order valence-corrected chi connectivity index (χ1v) is 14.6. The second-order valence-corrected chi connectivity index (χ2v) is 10.4. The van der Waals surface area contributed by atoms with Crippen molar-refractivity contribution < 1.29 is 23.9 Å². The molecule has 0 radical (unpaired) electrons. The number of anilines is 2. The van der Waals surface area contributed by atoms with Crippen molar-refractivity contribution in [2.24, 2.45) is 0 Å². The maximum atomic E-state index is 13.2. The van der Waals surface area contributed by atoms with Gasteiger partial charge in [0.05, 0.1) is 13.7 Å². The molecule has 0 unspecified atom stereocenters. The summed E-state index contributed by atoms with van der Waals surface area (Å²) < 4.78 is 11.1. The van der Waals surface area contributed by atoms with Crippen molar-refractivity contribution >= 4 is 39.8 Å². The Morgan fingerprint density at radius 1 is 0.822 bits per heavy atom. The van der Waals surface area contributed by atoms with Gasteiger partial charge in [0, 0.05) is 28.9 Å². The standard InChI is InChI=1S/C38H34N2O5/c1-3-36(41)40(31-20-19-28-11-7-8-14-30(28)26-31)23-24-45-32-21-17-27(18-22-32)25-35(38(43)44-2)39-34-16-10-9-15-33(34)37(42)29-12-5-4-6-13-29/h3-22,26,35,39H,1,23-25H2,2H3/t35-/m0/s1. The van der Waals surface area contributed by atoms with E-state index in [4.69, 9.17) is 9.47 Å². The number of benzene rings is 5. The molecular weight excluding hydrogens is 564 g/mol. The van der Waals surface area contributed by atoms with Crippen LogP contribution in [0.3, 0.4) is 0 Å². The molecule has 0 spiro atoms. The normalized spacial score (nSPS) is 11.3. The number of esters is 1. The fraction of sp³-hybridized carbons (Fsp3) is 0.132. The van der Waals surface area contributed by atoms with Crippen LogP contribution in [0.4, 0.5) is 11.4 Å². The molecule has 0 aliphatic rings. The van der Waals surface area contributed by atoms with Crippen molar-refractivity contribution in [3.05, 3.63) is 151 Å². The highest BCUT2D eigenvalue weighted by Crippen LogP contribution is 2.24. The van der Waals surface area contributed by atoms with Gasteiger partial charge in [0.15, 0.2) is 5.78 Å². The van der Waals surface area contributed by atoms with Gasteiger partial charge in [0.2, 0.25) is 5.91 Å². The number of carbonyl (C=O) groups is 3. The van der Waals surface area contributed by atoms with Gasteiger partial charge < -0.3 is 19.7 Å². The van der Waals surface area contributed by atoms with Crippen molar-refractivity contribution in [2.45, 2.75) is 12.5 Å². The number of fused-ring (bicyclic) bond motifs is 1. The van der Waals surface area contributed by atoms with E-state index in [0.717, 1.165) is 22.0 Å². The molecule has 45 heavy (non-hydrogen) atoms. The number of hydrogen-bond donors (Lipinski definition) is 1. The number of hydrogen-bond acceptors (Lipinski definition) is 6. The minimum absolute atomic E-state index is 0.141. The lowest BCUT2D eigenvalue weighted by molar-refractivity contribution is -0.141. The molecule has 0 aliphatic carbocycles. The monoisotopic (exact) mass is 598 g/mol. The van der Waals surface area contributed by atoms with Crippen LogP contribution in [0.5, 0.6) is 5.75 Å². The van der Waals surface area contributed by atoms with Gasteiger partial charge in [-0.25, -0.2) is 4.79 Å². The molecule has 5 aromatic carbocycles. The number of ketones is 1. The summed E-state index contributed by atoms with van der Waals surface area (Å²) in [4.78, 5) is 40.3. The summed E-state index contributed by atoms with van der Waals surface area (Å²) in [5.74, 6) is -0.169. The van der Waals surface area contributed by atoms with Crippen molar-refractivity contribution in [2.75, 3.05) is 30.5 Å². The average Bonchev–Trinajstić information content (AvgIpc) is 3.10. The van der Waals surface area contributed by atoms with Crippen LogP contribution in [-0.2, 0) is 20.7 Å². The van der Waals surface area contributed by atoms with E-state index in [2.05, 4.69) is 11.9 Å². The van der Waals surface area contributed by atoms with Gasteiger partial charge in [-0.15, -0.1) is 0 Å². The van der Waals surface area contributed by atoms with E-state index in [1.807, 2.05) is 91.0 Å². The summed E-state index contributed by atoms with van der Waals surface area (Å²) >= 11 is 0. The smallest absolute Gasteiger partial charge is 0.328 e. The van der Waals surface area contributed by atoms with Gasteiger partial charge in [0.25, 0.3) is 0 Å². The van der Waals surface area contributed by atoms with Crippen molar-refractivity contribution in [3.8, 4) is 5.75 Å². The van der Waals surface area contributed by atoms with Crippen LogP contribution >= 0.6 is 0 Å². The number of nitrogens with one attached hydrogen (secondary N) is 1. The first-order valence-electron chi connectivity index (χ1n) is 14.6. The number of carbonyl (C=O) groups excluding carboxylic acids is 3. The van der Waals surface area contributed by atoms with Crippen LogP contribution in [0.15, 0.2) is 134 Å². The predicted molar refractivity (Wildman–Crippen MR) is 178 cm³/mol.